The lowest BCUT2D eigenvalue weighted by Crippen LogP contribution is -2.37. The number of nitrogens with one attached hydrogen (secondary N) is 1. The molecule has 116 valence electrons. The first kappa shape index (κ1) is 17.6. The van der Waals surface area contributed by atoms with Crippen LogP contribution in [-0.2, 0) is 11.2 Å². The molecule has 1 aromatic heterocycles. The van der Waals surface area contributed by atoms with Crippen molar-refractivity contribution < 1.29 is 9.84 Å². The van der Waals surface area contributed by atoms with Gasteiger partial charge in [-0.05, 0) is 43.6 Å². The predicted octanol–water partition coefficient (Wildman–Crippen LogP) is 3.08. The van der Waals surface area contributed by atoms with Gasteiger partial charge in [0.25, 0.3) is 0 Å². The molecule has 1 heterocycles. The molecule has 2 unspecified atom stereocenters. The molecule has 2 N–H and O–H groups in total. The van der Waals surface area contributed by atoms with Gasteiger partial charge in [0, 0.05) is 24.1 Å². The Morgan fingerprint density at radius 1 is 1.35 bits per heavy atom. The molecule has 0 amide bonds. The molecular formula is C16H29NO2S. The summed E-state index contributed by atoms with van der Waals surface area (Å²) < 4.78 is 5.50. The van der Waals surface area contributed by atoms with Crippen LogP contribution in [0.2, 0.25) is 0 Å². The average Bonchev–Trinajstić information content (AvgIpc) is 2.88. The van der Waals surface area contributed by atoms with Crippen LogP contribution in [0.3, 0.4) is 0 Å². The number of hydrogen-bond donors (Lipinski definition) is 2. The lowest BCUT2D eigenvalue weighted by molar-refractivity contribution is 0.0337. The minimum atomic E-state index is -0.417. The van der Waals surface area contributed by atoms with E-state index in [2.05, 4.69) is 43.6 Å². The monoisotopic (exact) mass is 299 g/mol. The second kappa shape index (κ2) is 10.3. The summed E-state index contributed by atoms with van der Waals surface area (Å²) in [5.74, 6) is 0.725. The van der Waals surface area contributed by atoms with E-state index >= 15 is 0 Å². The molecule has 0 aromatic carbocycles. The fraction of sp³-hybridized carbons (Fsp3) is 0.750. The lowest BCUT2D eigenvalue weighted by atomic mass is 10.1. The molecule has 0 saturated carbocycles. The quantitative estimate of drug-likeness (QED) is 0.617. The van der Waals surface area contributed by atoms with E-state index in [0.717, 1.165) is 25.4 Å². The van der Waals surface area contributed by atoms with Gasteiger partial charge in [-0.25, -0.2) is 0 Å². The van der Waals surface area contributed by atoms with Gasteiger partial charge in [0.2, 0.25) is 0 Å². The van der Waals surface area contributed by atoms with Gasteiger partial charge < -0.3 is 15.2 Å². The maximum Gasteiger partial charge on any atom is 0.0897 e. The maximum atomic E-state index is 9.85. The van der Waals surface area contributed by atoms with Gasteiger partial charge in [0.1, 0.15) is 0 Å². The van der Waals surface area contributed by atoms with Crippen molar-refractivity contribution in [3.05, 3.63) is 22.4 Å². The first-order chi connectivity index (χ1) is 9.58. The van der Waals surface area contributed by atoms with Crippen molar-refractivity contribution in [2.24, 2.45) is 5.92 Å². The Morgan fingerprint density at radius 2 is 2.15 bits per heavy atom. The highest BCUT2D eigenvalue weighted by Gasteiger charge is 2.08. The third kappa shape index (κ3) is 8.69. The molecule has 0 fully saturated rings. The van der Waals surface area contributed by atoms with E-state index in [-0.39, 0.29) is 0 Å². The van der Waals surface area contributed by atoms with E-state index in [1.54, 1.807) is 11.3 Å². The topological polar surface area (TPSA) is 41.5 Å². The van der Waals surface area contributed by atoms with E-state index in [1.165, 1.54) is 11.3 Å². The first-order valence-corrected chi connectivity index (χ1v) is 8.47. The van der Waals surface area contributed by atoms with E-state index in [9.17, 15) is 5.11 Å². The van der Waals surface area contributed by atoms with E-state index in [4.69, 9.17) is 4.74 Å². The summed E-state index contributed by atoms with van der Waals surface area (Å²) in [5, 5.41) is 15.3. The second-order valence-corrected chi connectivity index (χ2v) is 6.89. The number of thiophene rings is 1. The number of aliphatic hydroxyl groups excluding tert-OH is 1. The molecule has 3 nitrogen and oxygen atoms in total. The van der Waals surface area contributed by atoms with Gasteiger partial charge in [-0.3, -0.25) is 0 Å². The smallest absolute Gasteiger partial charge is 0.0897 e. The molecule has 4 heteroatoms. The number of hydrogen-bond acceptors (Lipinski definition) is 4. The minimum absolute atomic E-state index is 0.379. The summed E-state index contributed by atoms with van der Waals surface area (Å²) in [4.78, 5) is 1.38. The van der Waals surface area contributed by atoms with Crippen molar-refractivity contribution in [3.8, 4) is 0 Å². The zero-order valence-electron chi connectivity index (χ0n) is 13.0. The van der Waals surface area contributed by atoms with Crippen molar-refractivity contribution in [3.63, 3.8) is 0 Å². The summed E-state index contributed by atoms with van der Waals surface area (Å²) in [6, 6.07) is 4.60. The van der Waals surface area contributed by atoms with Crippen molar-refractivity contribution in [1.29, 1.82) is 0 Å². The third-order valence-electron chi connectivity index (χ3n) is 3.17. The zero-order valence-corrected chi connectivity index (χ0v) is 13.8. The van der Waals surface area contributed by atoms with Gasteiger partial charge >= 0.3 is 0 Å². The zero-order chi connectivity index (χ0) is 14.8. The Balaban J connectivity index is 2.00. The van der Waals surface area contributed by atoms with Crippen molar-refractivity contribution in [1.82, 2.24) is 5.32 Å². The van der Waals surface area contributed by atoms with Crippen LogP contribution in [0, 0.1) is 5.92 Å². The standard InChI is InChI=1S/C16H29NO2S/c1-13(2)6-4-8-19-12-15(18)11-17-14(3)10-16-7-5-9-20-16/h5,7,9,13-15,17-18H,4,6,8,10-12H2,1-3H3. The normalized spacial score (nSPS) is 14.7. The van der Waals surface area contributed by atoms with Crippen LogP contribution in [0.25, 0.3) is 0 Å². The molecular weight excluding hydrogens is 270 g/mol. The van der Waals surface area contributed by atoms with Crippen molar-refractivity contribution in [2.45, 2.75) is 52.2 Å². The molecule has 0 spiro atoms. The van der Waals surface area contributed by atoms with Gasteiger partial charge in [-0.2, -0.15) is 0 Å². The van der Waals surface area contributed by atoms with Gasteiger partial charge in [-0.1, -0.05) is 19.9 Å². The van der Waals surface area contributed by atoms with Crippen molar-refractivity contribution >= 4 is 11.3 Å². The molecule has 20 heavy (non-hydrogen) atoms. The highest BCUT2D eigenvalue weighted by Crippen LogP contribution is 2.10. The summed E-state index contributed by atoms with van der Waals surface area (Å²) in [5.41, 5.74) is 0. The van der Waals surface area contributed by atoms with Crippen LogP contribution in [0.4, 0.5) is 0 Å². The number of ether oxygens (including phenoxy) is 1. The van der Waals surface area contributed by atoms with E-state index in [1.807, 2.05) is 0 Å². The number of rotatable bonds is 11. The Kier molecular flexibility index (Phi) is 9.10. The maximum absolute atomic E-state index is 9.85. The molecule has 1 rings (SSSR count). The molecule has 2 atom stereocenters. The molecule has 0 radical (unpaired) electrons. The second-order valence-electron chi connectivity index (χ2n) is 5.86. The largest absolute Gasteiger partial charge is 0.389 e. The predicted molar refractivity (Wildman–Crippen MR) is 86.4 cm³/mol. The Hall–Kier alpha value is -0.420. The first-order valence-electron chi connectivity index (χ1n) is 7.59. The van der Waals surface area contributed by atoms with Crippen LogP contribution in [0.1, 0.15) is 38.5 Å². The molecule has 0 aliphatic heterocycles. The van der Waals surface area contributed by atoms with Crippen LogP contribution >= 0.6 is 11.3 Å². The van der Waals surface area contributed by atoms with Crippen LogP contribution in [0.15, 0.2) is 17.5 Å². The average molecular weight is 299 g/mol. The molecule has 0 aliphatic rings. The Bertz CT molecular complexity index is 327. The highest BCUT2D eigenvalue weighted by atomic mass is 32.1. The Labute approximate surface area is 127 Å². The van der Waals surface area contributed by atoms with Gasteiger partial charge in [-0.15, -0.1) is 11.3 Å². The van der Waals surface area contributed by atoms with E-state index < -0.39 is 6.10 Å². The summed E-state index contributed by atoms with van der Waals surface area (Å²) in [6.45, 7) is 8.35. The molecule has 0 aliphatic carbocycles. The third-order valence-corrected chi connectivity index (χ3v) is 4.07. The van der Waals surface area contributed by atoms with Crippen molar-refractivity contribution in [2.75, 3.05) is 19.8 Å². The molecule has 1 aromatic rings. The SMILES string of the molecule is CC(C)CCCOCC(O)CNC(C)Cc1cccs1. The van der Waals surface area contributed by atoms with Crippen LogP contribution < -0.4 is 5.32 Å². The van der Waals surface area contributed by atoms with E-state index in [0.29, 0.717) is 19.2 Å². The summed E-state index contributed by atoms with van der Waals surface area (Å²) in [6.07, 6.45) is 2.86. The van der Waals surface area contributed by atoms with Crippen LogP contribution in [-0.4, -0.2) is 37.0 Å². The summed E-state index contributed by atoms with van der Waals surface area (Å²) in [7, 11) is 0. The number of aliphatic hydroxyl groups is 1. The fourth-order valence-corrected chi connectivity index (χ4v) is 2.85. The Morgan fingerprint density at radius 3 is 2.80 bits per heavy atom. The highest BCUT2D eigenvalue weighted by molar-refractivity contribution is 7.09. The van der Waals surface area contributed by atoms with Crippen LogP contribution in [0.5, 0.6) is 0 Å². The molecule has 0 saturated heterocycles. The lowest BCUT2D eigenvalue weighted by Gasteiger charge is -2.17. The summed E-state index contributed by atoms with van der Waals surface area (Å²) >= 11 is 1.78. The minimum Gasteiger partial charge on any atom is -0.389 e. The van der Waals surface area contributed by atoms with Gasteiger partial charge in [0.05, 0.1) is 12.7 Å². The molecule has 0 bridgehead atoms. The fourth-order valence-electron chi connectivity index (χ4n) is 2.01. The van der Waals surface area contributed by atoms with Gasteiger partial charge in [0.15, 0.2) is 0 Å².